The number of nitriles is 1. The van der Waals surface area contributed by atoms with E-state index in [1.54, 1.807) is 32.0 Å². The van der Waals surface area contributed by atoms with E-state index >= 15 is 0 Å². The molecule has 0 unspecified atom stereocenters. The van der Waals surface area contributed by atoms with E-state index in [1.165, 1.54) is 6.20 Å². The van der Waals surface area contributed by atoms with Gasteiger partial charge in [-0.2, -0.15) is 5.26 Å². The van der Waals surface area contributed by atoms with Crippen LogP contribution in [0.4, 0.5) is 15.9 Å². The van der Waals surface area contributed by atoms with Gasteiger partial charge in [-0.05, 0) is 36.6 Å². The topological polar surface area (TPSA) is 74.7 Å². The summed E-state index contributed by atoms with van der Waals surface area (Å²) in [4.78, 5) is 4.09. The zero-order valence-electron chi connectivity index (χ0n) is 11.4. The summed E-state index contributed by atoms with van der Waals surface area (Å²) < 4.78 is 13.5. The van der Waals surface area contributed by atoms with Gasteiger partial charge in [0.05, 0.1) is 17.4 Å². The number of anilines is 2. The minimum atomic E-state index is -0.183. The highest BCUT2D eigenvalue weighted by atomic mass is 19.1. The van der Waals surface area contributed by atoms with Gasteiger partial charge in [0.15, 0.2) is 0 Å². The molecular formula is C15H15FN4. The Morgan fingerprint density at radius 3 is 2.55 bits per heavy atom. The van der Waals surface area contributed by atoms with Gasteiger partial charge in [-0.3, -0.25) is 0 Å². The number of hydrogen-bond acceptors (Lipinski definition) is 4. The van der Waals surface area contributed by atoms with Crippen molar-refractivity contribution in [3.63, 3.8) is 0 Å². The van der Waals surface area contributed by atoms with Crippen molar-refractivity contribution in [2.75, 3.05) is 11.1 Å². The van der Waals surface area contributed by atoms with Crippen LogP contribution in [0.1, 0.15) is 22.3 Å². The average Bonchev–Trinajstić information content (AvgIpc) is 2.43. The third-order valence-corrected chi connectivity index (χ3v) is 2.99. The first-order valence-corrected chi connectivity index (χ1v) is 6.16. The molecule has 0 aliphatic heterocycles. The van der Waals surface area contributed by atoms with Gasteiger partial charge in [0.2, 0.25) is 0 Å². The summed E-state index contributed by atoms with van der Waals surface area (Å²) in [6.07, 6.45) is 1.49. The lowest BCUT2D eigenvalue weighted by Gasteiger charge is -2.10. The fraction of sp³-hybridized carbons (Fsp3) is 0.200. The molecule has 0 radical (unpaired) electrons. The van der Waals surface area contributed by atoms with Gasteiger partial charge in [-0.25, -0.2) is 9.37 Å². The van der Waals surface area contributed by atoms with E-state index in [2.05, 4.69) is 10.3 Å². The molecule has 0 amide bonds. The highest BCUT2D eigenvalue weighted by molar-refractivity contribution is 5.57. The van der Waals surface area contributed by atoms with E-state index in [1.807, 2.05) is 6.07 Å². The van der Waals surface area contributed by atoms with E-state index < -0.39 is 0 Å². The minimum Gasteiger partial charge on any atom is -0.397 e. The predicted octanol–water partition coefficient (Wildman–Crippen LogP) is 2.90. The third kappa shape index (κ3) is 2.86. The summed E-state index contributed by atoms with van der Waals surface area (Å²) in [5.74, 6) is 0.290. The number of benzene rings is 1. The molecule has 3 N–H and O–H groups in total. The molecule has 5 heteroatoms. The van der Waals surface area contributed by atoms with Crippen LogP contribution in [0.15, 0.2) is 24.4 Å². The molecule has 0 bridgehead atoms. The summed E-state index contributed by atoms with van der Waals surface area (Å²) in [5, 5.41) is 12.1. The van der Waals surface area contributed by atoms with Crippen molar-refractivity contribution in [1.82, 2.24) is 4.98 Å². The number of pyridine rings is 1. The van der Waals surface area contributed by atoms with Crippen LogP contribution in [0, 0.1) is 31.0 Å². The number of nitrogens with two attached hydrogens (primary N) is 1. The highest BCUT2D eigenvalue weighted by Gasteiger charge is 2.07. The SMILES string of the molecule is Cc1cc(CNc2ncc(N)cc2C#N)cc(C)c1F. The van der Waals surface area contributed by atoms with Crippen LogP contribution in [0.25, 0.3) is 0 Å². The summed E-state index contributed by atoms with van der Waals surface area (Å²) in [7, 11) is 0. The molecule has 102 valence electrons. The van der Waals surface area contributed by atoms with Crippen molar-refractivity contribution in [2.24, 2.45) is 0 Å². The van der Waals surface area contributed by atoms with Gasteiger partial charge >= 0.3 is 0 Å². The van der Waals surface area contributed by atoms with Gasteiger partial charge in [0.25, 0.3) is 0 Å². The predicted molar refractivity (Wildman–Crippen MR) is 76.6 cm³/mol. The maximum atomic E-state index is 13.5. The van der Waals surface area contributed by atoms with Crippen LogP contribution >= 0.6 is 0 Å². The normalized spacial score (nSPS) is 10.1. The number of rotatable bonds is 3. The standard InChI is InChI=1S/C15H15FN4/c1-9-3-11(4-10(2)14(9)16)7-19-15-12(6-17)5-13(18)8-20-15/h3-5,8H,7,18H2,1-2H3,(H,19,20). The lowest BCUT2D eigenvalue weighted by atomic mass is 10.1. The first kappa shape index (κ1) is 13.8. The second-order valence-corrected chi connectivity index (χ2v) is 4.67. The van der Waals surface area contributed by atoms with Gasteiger partial charge in [0, 0.05) is 6.54 Å². The molecule has 0 saturated heterocycles. The molecule has 2 rings (SSSR count). The van der Waals surface area contributed by atoms with Crippen LogP contribution in [-0.4, -0.2) is 4.98 Å². The smallest absolute Gasteiger partial charge is 0.144 e. The Morgan fingerprint density at radius 2 is 1.95 bits per heavy atom. The van der Waals surface area contributed by atoms with E-state index in [9.17, 15) is 4.39 Å². The molecule has 0 fully saturated rings. The van der Waals surface area contributed by atoms with Crippen LogP contribution in [-0.2, 0) is 6.54 Å². The number of halogens is 1. The number of aryl methyl sites for hydroxylation is 2. The van der Waals surface area contributed by atoms with Crippen molar-refractivity contribution in [2.45, 2.75) is 20.4 Å². The quantitative estimate of drug-likeness (QED) is 0.899. The maximum Gasteiger partial charge on any atom is 0.144 e. The molecule has 4 nitrogen and oxygen atoms in total. The number of nitrogens with one attached hydrogen (secondary N) is 1. The van der Waals surface area contributed by atoms with Crippen molar-refractivity contribution in [3.05, 3.63) is 52.5 Å². The Morgan fingerprint density at radius 1 is 1.30 bits per heavy atom. The summed E-state index contributed by atoms with van der Waals surface area (Å²) in [6, 6.07) is 7.16. The highest BCUT2D eigenvalue weighted by Crippen LogP contribution is 2.18. The Hall–Kier alpha value is -2.61. The molecular weight excluding hydrogens is 255 g/mol. The largest absolute Gasteiger partial charge is 0.397 e. The molecule has 20 heavy (non-hydrogen) atoms. The van der Waals surface area contributed by atoms with E-state index in [-0.39, 0.29) is 5.82 Å². The van der Waals surface area contributed by atoms with Crippen LogP contribution in [0.3, 0.4) is 0 Å². The monoisotopic (exact) mass is 270 g/mol. The molecule has 0 aliphatic rings. The number of nitrogen functional groups attached to an aromatic ring is 1. The van der Waals surface area contributed by atoms with Crippen LogP contribution < -0.4 is 11.1 Å². The van der Waals surface area contributed by atoms with Gasteiger partial charge in [-0.1, -0.05) is 12.1 Å². The van der Waals surface area contributed by atoms with Crippen molar-refractivity contribution >= 4 is 11.5 Å². The fourth-order valence-electron chi connectivity index (χ4n) is 2.03. The Labute approximate surface area is 117 Å². The number of aromatic nitrogens is 1. The van der Waals surface area contributed by atoms with Crippen molar-refractivity contribution < 1.29 is 4.39 Å². The third-order valence-electron chi connectivity index (χ3n) is 2.99. The number of nitrogens with zero attached hydrogens (tertiary/aromatic N) is 2. The Kier molecular flexibility index (Phi) is 3.85. The van der Waals surface area contributed by atoms with Gasteiger partial charge in [0.1, 0.15) is 17.7 Å². The zero-order chi connectivity index (χ0) is 14.7. The zero-order valence-corrected chi connectivity index (χ0v) is 11.4. The molecule has 1 aromatic carbocycles. The minimum absolute atomic E-state index is 0.183. The lowest BCUT2D eigenvalue weighted by molar-refractivity contribution is 0.608. The van der Waals surface area contributed by atoms with Crippen molar-refractivity contribution in [1.29, 1.82) is 5.26 Å². The summed E-state index contributed by atoms with van der Waals surface area (Å²) in [5.41, 5.74) is 8.56. The molecule has 1 aromatic heterocycles. The molecule has 2 aromatic rings. The van der Waals surface area contributed by atoms with E-state index in [0.29, 0.717) is 34.7 Å². The second kappa shape index (κ2) is 5.57. The van der Waals surface area contributed by atoms with Crippen LogP contribution in [0.5, 0.6) is 0 Å². The summed E-state index contributed by atoms with van der Waals surface area (Å²) >= 11 is 0. The molecule has 0 saturated carbocycles. The van der Waals surface area contributed by atoms with Gasteiger partial charge in [-0.15, -0.1) is 0 Å². The Balaban J connectivity index is 2.19. The Bertz CT molecular complexity index is 666. The van der Waals surface area contributed by atoms with E-state index in [4.69, 9.17) is 11.0 Å². The van der Waals surface area contributed by atoms with E-state index in [0.717, 1.165) is 5.56 Å². The first-order valence-electron chi connectivity index (χ1n) is 6.16. The number of hydrogen-bond donors (Lipinski definition) is 2. The molecule has 1 heterocycles. The van der Waals surface area contributed by atoms with Crippen molar-refractivity contribution in [3.8, 4) is 6.07 Å². The first-order chi connectivity index (χ1) is 9.51. The van der Waals surface area contributed by atoms with Gasteiger partial charge < -0.3 is 11.1 Å². The lowest BCUT2D eigenvalue weighted by Crippen LogP contribution is -2.05. The molecule has 0 spiro atoms. The van der Waals surface area contributed by atoms with Crippen LogP contribution in [0.2, 0.25) is 0 Å². The maximum absolute atomic E-state index is 13.5. The summed E-state index contributed by atoms with van der Waals surface area (Å²) in [6.45, 7) is 3.93. The molecule has 0 atom stereocenters. The second-order valence-electron chi connectivity index (χ2n) is 4.67. The average molecular weight is 270 g/mol. The molecule has 0 aliphatic carbocycles. The fourth-order valence-corrected chi connectivity index (χ4v) is 2.03.